The lowest BCUT2D eigenvalue weighted by Gasteiger charge is -2.31. The zero-order chi connectivity index (χ0) is 27.6. The number of sulfonamides is 1. The van der Waals surface area contributed by atoms with Crippen LogP contribution < -0.4 is 14.4 Å². The molecule has 0 saturated carbocycles. The first kappa shape index (κ1) is 30.2. The summed E-state index contributed by atoms with van der Waals surface area (Å²) >= 11 is 0. The summed E-state index contributed by atoms with van der Waals surface area (Å²) in [4.78, 5) is 28.1. The maximum Gasteiger partial charge on any atom is 0.242 e. The van der Waals surface area contributed by atoms with E-state index in [-0.39, 0.29) is 31.3 Å². The summed E-state index contributed by atoms with van der Waals surface area (Å²) in [6, 6.07) is 12.5. The Hall–Kier alpha value is -3.07. The average Bonchev–Trinajstić information content (AvgIpc) is 2.86. The average molecular weight is 532 g/mol. The van der Waals surface area contributed by atoms with Gasteiger partial charge in [-0.05, 0) is 68.0 Å². The maximum absolute atomic E-state index is 13.5. The summed E-state index contributed by atoms with van der Waals surface area (Å²) in [6.07, 6.45) is 2.87. The number of amides is 2. The topological polar surface area (TPSA) is 96.0 Å². The van der Waals surface area contributed by atoms with Gasteiger partial charge in [0.25, 0.3) is 0 Å². The Labute approximate surface area is 222 Å². The summed E-state index contributed by atoms with van der Waals surface area (Å²) in [5.74, 6) is 0.287. The van der Waals surface area contributed by atoms with Gasteiger partial charge in [0.05, 0.1) is 19.1 Å². The highest BCUT2D eigenvalue weighted by molar-refractivity contribution is 7.92. The van der Waals surface area contributed by atoms with Gasteiger partial charge < -0.3 is 15.0 Å². The van der Waals surface area contributed by atoms with Crippen LogP contribution in [0.5, 0.6) is 5.75 Å². The number of ether oxygens (including phenoxy) is 1. The molecule has 0 aromatic heterocycles. The van der Waals surface area contributed by atoms with Gasteiger partial charge in [-0.1, -0.05) is 38.1 Å². The van der Waals surface area contributed by atoms with Crippen LogP contribution in [0.15, 0.2) is 42.5 Å². The van der Waals surface area contributed by atoms with E-state index in [4.69, 9.17) is 4.74 Å². The zero-order valence-corrected chi connectivity index (χ0v) is 23.7. The standard InChI is InChI=1S/C28H41N3O5S/c1-7-16-29-28(33)25(8-2)30(20-23-11-9-12-24(19-23)36-5)27(32)13-10-17-31(37(6,34)35)26-18-21(3)14-15-22(26)4/h9,11-12,14-15,18-19,25H,7-8,10,13,16-17,20H2,1-6H3,(H,29,33)/t25-/m0/s1. The van der Waals surface area contributed by atoms with Crippen molar-refractivity contribution in [2.24, 2.45) is 0 Å². The quantitative estimate of drug-likeness (QED) is 0.394. The van der Waals surface area contributed by atoms with Crippen LogP contribution in [-0.4, -0.2) is 57.6 Å². The largest absolute Gasteiger partial charge is 0.497 e. The molecule has 1 atom stereocenters. The Morgan fingerprint density at radius 2 is 1.81 bits per heavy atom. The van der Waals surface area contributed by atoms with Crippen molar-refractivity contribution in [1.82, 2.24) is 10.2 Å². The van der Waals surface area contributed by atoms with Crippen LogP contribution in [-0.2, 0) is 26.2 Å². The molecular weight excluding hydrogens is 490 g/mol. The number of nitrogens with one attached hydrogen (secondary N) is 1. The van der Waals surface area contributed by atoms with E-state index in [2.05, 4.69) is 5.32 Å². The van der Waals surface area contributed by atoms with Crippen molar-refractivity contribution < 1.29 is 22.7 Å². The molecule has 0 bridgehead atoms. The monoisotopic (exact) mass is 531 g/mol. The van der Waals surface area contributed by atoms with Crippen LogP contribution in [0.4, 0.5) is 5.69 Å². The summed E-state index contributed by atoms with van der Waals surface area (Å²) in [6.45, 7) is 8.60. The van der Waals surface area contributed by atoms with E-state index >= 15 is 0 Å². The molecule has 8 nitrogen and oxygen atoms in total. The molecule has 0 saturated heterocycles. The lowest BCUT2D eigenvalue weighted by Crippen LogP contribution is -2.49. The molecule has 9 heteroatoms. The SMILES string of the molecule is CCCNC(=O)[C@H](CC)N(Cc1cccc(OC)c1)C(=O)CCCN(c1cc(C)ccc1C)S(C)(=O)=O. The Morgan fingerprint density at radius 3 is 2.43 bits per heavy atom. The molecular formula is C28H41N3O5S. The Balaban J connectivity index is 2.26. The Kier molecular flexibility index (Phi) is 11.4. The molecule has 1 N–H and O–H groups in total. The highest BCUT2D eigenvalue weighted by atomic mass is 32.2. The van der Waals surface area contributed by atoms with Crippen LogP contribution in [0.25, 0.3) is 0 Å². The molecule has 2 aromatic rings. The first-order chi connectivity index (χ1) is 17.5. The van der Waals surface area contributed by atoms with Gasteiger partial charge in [-0.15, -0.1) is 0 Å². The van der Waals surface area contributed by atoms with Gasteiger partial charge in [-0.2, -0.15) is 0 Å². The van der Waals surface area contributed by atoms with E-state index in [1.165, 1.54) is 10.6 Å². The van der Waals surface area contributed by atoms with Crippen molar-refractivity contribution in [2.45, 2.75) is 66.0 Å². The maximum atomic E-state index is 13.5. The molecule has 2 rings (SSSR count). The van der Waals surface area contributed by atoms with E-state index in [0.717, 1.165) is 23.1 Å². The molecule has 2 amide bonds. The van der Waals surface area contributed by atoms with Gasteiger partial charge >= 0.3 is 0 Å². The third-order valence-electron chi connectivity index (χ3n) is 6.21. The minimum absolute atomic E-state index is 0.110. The molecule has 0 spiro atoms. The number of rotatable bonds is 14. The van der Waals surface area contributed by atoms with Crippen LogP contribution in [0.1, 0.15) is 56.2 Å². The van der Waals surface area contributed by atoms with Crippen LogP contribution in [0.3, 0.4) is 0 Å². The zero-order valence-electron chi connectivity index (χ0n) is 22.9. The number of hydrogen-bond donors (Lipinski definition) is 1. The van der Waals surface area contributed by atoms with Gasteiger partial charge in [0, 0.05) is 26.1 Å². The van der Waals surface area contributed by atoms with Crippen molar-refractivity contribution in [2.75, 3.05) is 30.8 Å². The third kappa shape index (κ3) is 8.77. The van der Waals surface area contributed by atoms with Crippen LogP contribution in [0.2, 0.25) is 0 Å². The van der Waals surface area contributed by atoms with Crippen molar-refractivity contribution in [3.8, 4) is 5.75 Å². The van der Waals surface area contributed by atoms with E-state index < -0.39 is 16.1 Å². The molecule has 0 unspecified atom stereocenters. The van der Waals surface area contributed by atoms with Gasteiger partial charge in [-0.25, -0.2) is 8.42 Å². The number of anilines is 1. The second-order valence-electron chi connectivity index (χ2n) is 9.32. The summed E-state index contributed by atoms with van der Waals surface area (Å²) in [5.41, 5.74) is 3.27. The van der Waals surface area contributed by atoms with Crippen LogP contribution >= 0.6 is 0 Å². The fourth-order valence-electron chi connectivity index (χ4n) is 4.22. The molecule has 0 aliphatic carbocycles. The number of aryl methyl sites for hydroxylation is 2. The van der Waals surface area contributed by atoms with Crippen molar-refractivity contribution >= 4 is 27.5 Å². The predicted molar refractivity (Wildman–Crippen MR) is 148 cm³/mol. The lowest BCUT2D eigenvalue weighted by molar-refractivity contribution is -0.141. The molecule has 2 aromatic carbocycles. The van der Waals surface area contributed by atoms with Crippen molar-refractivity contribution in [1.29, 1.82) is 0 Å². The number of nitrogens with zero attached hydrogens (tertiary/aromatic N) is 2. The number of hydrogen-bond acceptors (Lipinski definition) is 5. The first-order valence-corrected chi connectivity index (χ1v) is 14.6. The van der Waals surface area contributed by atoms with Crippen molar-refractivity contribution in [3.63, 3.8) is 0 Å². The van der Waals surface area contributed by atoms with Gasteiger partial charge in [-0.3, -0.25) is 13.9 Å². The van der Waals surface area contributed by atoms with E-state index in [0.29, 0.717) is 30.8 Å². The molecule has 0 aliphatic heterocycles. The number of methoxy groups -OCH3 is 1. The van der Waals surface area contributed by atoms with E-state index in [1.54, 1.807) is 12.0 Å². The fraction of sp³-hybridized carbons (Fsp3) is 0.500. The predicted octanol–water partition coefficient (Wildman–Crippen LogP) is 4.19. The second kappa shape index (κ2) is 14.0. The van der Waals surface area contributed by atoms with Gasteiger partial charge in [0.2, 0.25) is 21.8 Å². The minimum Gasteiger partial charge on any atom is -0.497 e. The molecule has 0 aliphatic rings. The van der Waals surface area contributed by atoms with Gasteiger partial charge in [0.1, 0.15) is 11.8 Å². The highest BCUT2D eigenvalue weighted by Crippen LogP contribution is 2.25. The van der Waals surface area contributed by atoms with E-state index in [9.17, 15) is 18.0 Å². The second-order valence-corrected chi connectivity index (χ2v) is 11.2. The highest BCUT2D eigenvalue weighted by Gasteiger charge is 2.29. The fourth-order valence-corrected chi connectivity index (χ4v) is 5.24. The normalized spacial score (nSPS) is 12.1. The first-order valence-electron chi connectivity index (χ1n) is 12.8. The van der Waals surface area contributed by atoms with E-state index in [1.807, 2.05) is 70.2 Å². The third-order valence-corrected chi connectivity index (χ3v) is 7.39. The number of carbonyl (C=O) groups excluding carboxylic acids is 2. The smallest absolute Gasteiger partial charge is 0.242 e. The summed E-state index contributed by atoms with van der Waals surface area (Å²) in [5, 5.41) is 2.91. The number of carbonyl (C=O) groups is 2. The lowest BCUT2D eigenvalue weighted by atomic mass is 10.1. The molecule has 0 heterocycles. The van der Waals surface area contributed by atoms with Gasteiger partial charge in [0.15, 0.2) is 0 Å². The molecule has 204 valence electrons. The minimum atomic E-state index is -3.55. The molecule has 0 fully saturated rings. The Morgan fingerprint density at radius 1 is 1.08 bits per heavy atom. The molecule has 0 radical (unpaired) electrons. The van der Waals surface area contributed by atoms with Crippen LogP contribution in [0, 0.1) is 13.8 Å². The Bertz CT molecular complexity index is 1170. The summed E-state index contributed by atoms with van der Waals surface area (Å²) < 4.78 is 31.9. The van der Waals surface area contributed by atoms with Crippen molar-refractivity contribution in [3.05, 3.63) is 59.2 Å². The number of benzene rings is 2. The molecule has 37 heavy (non-hydrogen) atoms. The summed E-state index contributed by atoms with van der Waals surface area (Å²) in [7, 11) is -1.96.